The van der Waals surface area contributed by atoms with Crippen LogP contribution in [-0.4, -0.2) is 15.0 Å². The summed E-state index contributed by atoms with van der Waals surface area (Å²) in [5.41, 5.74) is 3.03. The van der Waals surface area contributed by atoms with Gasteiger partial charge in [-0.1, -0.05) is 12.0 Å². The normalized spacial score (nSPS) is 10.1. The highest BCUT2D eigenvalue weighted by atomic mass is 32.2. The van der Waals surface area contributed by atoms with E-state index in [9.17, 15) is 0 Å². The molecule has 2 N–H and O–H groups in total. The molecule has 0 bridgehead atoms. The van der Waals surface area contributed by atoms with E-state index in [1.807, 2.05) is 72.9 Å². The van der Waals surface area contributed by atoms with Crippen molar-refractivity contribution in [3.05, 3.63) is 114 Å². The van der Waals surface area contributed by atoms with Crippen LogP contribution < -0.4 is 10.0 Å². The average molecular weight is 471 g/mol. The highest BCUT2D eigenvalue weighted by molar-refractivity contribution is 8.00. The summed E-state index contributed by atoms with van der Waals surface area (Å²) in [6.45, 7) is 0. The number of rotatable bonds is 5. The minimum atomic E-state index is 0.608. The second-order valence-electron chi connectivity index (χ2n) is 7.46. The van der Waals surface area contributed by atoms with Crippen molar-refractivity contribution < 1.29 is 0 Å². The van der Waals surface area contributed by atoms with Crippen LogP contribution in [0.15, 0.2) is 102 Å². The summed E-state index contributed by atoms with van der Waals surface area (Å²) >= 11 is 1.50. The second kappa shape index (κ2) is 10.4. The van der Waals surface area contributed by atoms with Gasteiger partial charge >= 0.3 is 0 Å². The van der Waals surface area contributed by atoms with E-state index in [1.165, 1.54) is 11.9 Å². The molecule has 3 aromatic heterocycles. The largest absolute Gasteiger partial charge is 0.340 e. The summed E-state index contributed by atoms with van der Waals surface area (Å²) < 4.78 is 3.22. The Morgan fingerprint density at radius 2 is 1.57 bits per heavy atom. The van der Waals surface area contributed by atoms with E-state index in [2.05, 4.69) is 42.9 Å². The van der Waals surface area contributed by atoms with E-state index in [0.717, 1.165) is 32.7 Å². The third-order valence-corrected chi connectivity index (χ3v) is 5.87. The van der Waals surface area contributed by atoms with Crippen molar-refractivity contribution in [1.82, 2.24) is 15.0 Å². The van der Waals surface area contributed by atoms with Gasteiger partial charge in [0.05, 0.1) is 11.6 Å². The van der Waals surface area contributed by atoms with Gasteiger partial charge in [0, 0.05) is 45.5 Å². The number of pyridine rings is 3. The van der Waals surface area contributed by atoms with E-state index in [1.54, 1.807) is 24.5 Å². The van der Waals surface area contributed by atoms with E-state index >= 15 is 0 Å². The average Bonchev–Trinajstić information content (AvgIpc) is 2.92. The number of hydrogen-bond acceptors (Lipinski definition) is 7. The van der Waals surface area contributed by atoms with Crippen molar-refractivity contribution in [2.75, 3.05) is 10.0 Å². The molecule has 0 atom stereocenters. The van der Waals surface area contributed by atoms with Crippen LogP contribution in [0.4, 0.5) is 17.3 Å². The van der Waals surface area contributed by atoms with Gasteiger partial charge in [0.1, 0.15) is 17.3 Å². The molecule has 0 spiro atoms. The van der Waals surface area contributed by atoms with Crippen molar-refractivity contribution in [3.63, 3.8) is 0 Å². The Morgan fingerprint density at radius 3 is 2.34 bits per heavy atom. The van der Waals surface area contributed by atoms with Gasteiger partial charge in [-0.2, -0.15) is 5.26 Å². The first kappa shape index (κ1) is 22.0. The zero-order valence-corrected chi connectivity index (χ0v) is 19.3. The second-order valence-corrected chi connectivity index (χ2v) is 8.34. The highest BCUT2D eigenvalue weighted by Gasteiger charge is 2.05. The Kier molecular flexibility index (Phi) is 6.52. The van der Waals surface area contributed by atoms with Gasteiger partial charge in [0.15, 0.2) is 0 Å². The minimum Gasteiger partial charge on any atom is -0.340 e. The molecule has 0 fully saturated rings. The molecule has 0 saturated carbocycles. The topological polar surface area (TPSA) is 86.5 Å². The highest BCUT2D eigenvalue weighted by Crippen LogP contribution is 2.25. The van der Waals surface area contributed by atoms with Gasteiger partial charge in [0.2, 0.25) is 0 Å². The summed E-state index contributed by atoms with van der Waals surface area (Å²) in [6.07, 6.45) is 5.30. The number of nitrogens with one attached hydrogen (secondary N) is 2. The predicted molar refractivity (Wildman–Crippen MR) is 140 cm³/mol. The zero-order valence-electron chi connectivity index (χ0n) is 18.4. The maximum absolute atomic E-state index is 8.95. The molecule has 2 aromatic carbocycles. The van der Waals surface area contributed by atoms with Gasteiger partial charge in [-0.25, -0.2) is 15.0 Å². The molecule has 3 heterocycles. The van der Waals surface area contributed by atoms with E-state index in [-0.39, 0.29) is 0 Å². The Balaban J connectivity index is 1.32. The molecule has 5 aromatic rings. The Bertz CT molecular complexity index is 1560. The number of nitriles is 1. The standard InChI is InChI=1S/C28H18N6S/c29-18-21-6-4-20(5-7-21)8-13-26-25-17-28(32-19-22(25)14-16-30-26)33-23-9-11-24(12-10-23)35-34-27-3-1-2-15-31-27/h1-7,9-12,14-17,19H,(H,31,34)(H,32,33). The van der Waals surface area contributed by atoms with Crippen LogP contribution >= 0.6 is 11.9 Å². The lowest BCUT2D eigenvalue weighted by Gasteiger charge is -2.09. The van der Waals surface area contributed by atoms with E-state index < -0.39 is 0 Å². The fraction of sp³-hybridized carbons (Fsp3) is 0. The zero-order chi connectivity index (χ0) is 23.9. The van der Waals surface area contributed by atoms with E-state index in [0.29, 0.717) is 17.1 Å². The van der Waals surface area contributed by atoms with Crippen LogP contribution in [0.3, 0.4) is 0 Å². The van der Waals surface area contributed by atoms with Crippen molar-refractivity contribution in [3.8, 4) is 17.9 Å². The number of nitrogens with zero attached hydrogens (tertiary/aromatic N) is 4. The third-order valence-electron chi connectivity index (χ3n) is 5.05. The monoisotopic (exact) mass is 470 g/mol. The first-order chi connectivity index (χ1) is 17.3. The van der Waals surface area contributed by atoms with Crippen LogP contribution in [0.25, 0.3) is 10.8 Å². The Labute approximate surface area is 207 Å². The lowest BCUT2D eigenvalue weighted by atomic mass is 10.1. The van der Waals surface area contributed by atoms with Crippen LogP contribution in [0.2, 0.25) is 0 Å². The fourth-order valence-corrected chi connectivity index (χ4v) is 3.90. The predicted octanol–water partition coefficient (Wildman–Crippen LogP) is 6.16. The lowest BCUT2D eigenvalue weighted by Crippen LogP contribution is -1.95. The Morgan fingerprint density at radius 1 is 0.743 bits per heavy atom. The van der Waals surface area contributed by atoms with Gasteiger partial charge in [-0.05, 0) is 90.7 Å². The molecule has 0 amide bonds. The summed E-state index contributed by atoms with van der Waals surface area (Å²) in [5.74, 6) is 7.80. The maximum Gasteiger partial charge on any atom is 0.136 e. The molecule has 0 unspecified atom stereocenters. The van der Waals surface area contributed by atoms with Crippen molar-refractivity contribution in [2.24, 2.45) is 0 Å². The molecule has 7 heteroatoms. The summed E-state index contributed by atoms with van der Waals surface area (Å²) in [5, 5.41) is 14.2. The summed E-state index contributed by atoms with van der Waals surface area (Å²) in [4.78, 5) is 14.3. The molecule has 0 aliphatic carbocycles. The number of anilines is 3. The van der Waals surface area contributed by atoms with Crippen LogP contribution in [-0.2, 0) is 0 Å². The van der Waals surface area contributed by atoms with E-state index in [4.69, 9.17) is 5.26 Å². The van der Waals surface area contributed by atoms with Crippen molar-refractivity contribution in [2.45, 2.75) is 4.90 Å². The van der Waals surface area contributed by atoms with Crippen molar-refractivity contribution in [1.29, 1.82) is 5.26 Å². The van der Waals surface area contributed by atoms with Gasteiger partial charge in [-0.15, -0.1) is 0 Å². The van der Waals surface area contributed by atoms with Gasteiger partial charge in [-0.3, -0.25) is 0 Å². The summed E-state index contributed by atoms with van der Waals surface area (Å²) in [7, 11) is 0. The first-order valence-electron chi connectivity index (χ1n) is 10.7. The quantitative estimate of drug-likeness (QED) is 0.235. The maximum atomic E-state index is 8.95. The number of benzene rings is 2. The molecule has 35 heavy (non-hydrogen) atoms. The van der Waals surface area contributed by atoms with Gasteiger partial charge < -0.3 is 10.0 Å². The fourth-order valence-electron chi connectivity index (χ4n) is 3.28. The van der Waals surface area contributed by atoms with Crippen LogP contribution in [0.5, 0.6) is 0 Å². The number of aromatic nitrogens is 3. The molecule has 0 saturated heterocycles. The lowest BCUT2D eigenvalue weighted by molar-refractivity contribution is 1.29. The van der Waals surface area contributed by atoms with Crippen molar-refractivity contribution >= 4 is 40.0 Å². The van der Waals surface area contributed by atoms with Crippen LogP contribution in [0.1, 0.15) is 16.8 Å². The minimum absolute atomic E-state index is 0.608. The molecule has 0 aliphatic heterocycles. The SMILES string of the molecule is N#Cc1ccc(C#Cc2nccc3cnc(Nc4ccc(SNc5ccccn5)cc4)cc23)cc1. The van der Waals surface area contributed by atoms with Gasteiger partial charge in [0.25, 0.3) is 0 Å². The molecule has 6 nitrogen and oxygen atoms in total. The molecule has 166 valence electrons. The molecule has 0 aliphatic rings. The third kappa shape index (κ3) is 5.56. The van der Waals surface area contributed by atoms with Crippen LogP contribution in [0, 0.1) is 23.2 Å². The number of fused-ring (bicyclic) bond motifs is 1. The summed E-state index contributed by atoms with van der Waals surface area (Å²) in [6, 6.07) is 27.0. The molecule has 5 rings (SSSR count). The smallest absolute Gasteiger partial charge is 0.136 e. The first-order valence-corrected chi connectivity index (χ1v) is 11.6. The molecular formula is C28H18N6S. The molecular weight excluding hydrogens is 452 g/mol. The Hall–Kier alpha value is -4.85. The molecule has 0 radical (unpaired) electrons. The number of hydrogen-bond donors (Lipinski definition) is 2.